The monoisotopic (exact) mass is 538 g/mol. The summed E-state index contributed by atoms with van der Waals surface area (Å²) in [6.07, 6.45) is 1.90. The first kappa shape index (κ1) is 19.0. The summed E-state index contributed by atoms with van der Waals surface area (Å²) in [5.41, 5.74) is 8.20. The van der Waals surface area contributed by atoms with Crippen molar-refractivity contribution in [2.75, 3.05) is 7.11 Å². The molecule has 0 radical (unpaired) electrons. The Balaban J connectivity index is 2.11. The van der Waals surface area contributed by atoms with Crippen molar-refractivity contribution in [2.24, 2.45) is 5.73 Å². The molecule has 0 saturated heterocycles. The number of nitrogens with zero attached hydrogens (tertiary/aromatic N) is 1. The van der Waals surface area contributed by atoms with E-state index in [1.165, 1.54) is 0 Å². The molecule has 4 nitrogen and oxygen atoms in total. The Morgan fingerprint density at radius 3 is 2.42 bits per heavy atom. The van der Waals surface area contributed by atoms with Gasteiger partial charge in [-0.2, -0.15) is 5.26 Å². The molecule has 2 aromatic carbocycles. The number of hydrogen-bond acceptors (Lipinski definition) is 4. The summed E-state index contributed by atoms with van der Waals surface area (Å²) in [6.45, 7) is 0. The van der Waals surface area contributed by atoms with Crippen LogP contribution in [-0.2, 0) is 4.74 Å². The molecule has 7 heteroatoms. The van der Waals surface area contributed by atoms with Gasteiger partial charge in [0.05, 0.1) is 16.1 Å². The molecule has 2 N–H and O–H groups in total. The maximum absolute atomic E-state index is 9.54. The van der Waals surface area contributed by atoms with Crippen molar-refractivity contribution in [3.63, 3.8) is 0 Å². The van der Waals surface area contributed by atoms with Crippen molar-refractivity contribution in [2.45, 2.75) is 5.92 Å². The first-order valence-corrected chi connectivity index (χ1v) is 9.90. The Morgan fingerprint density at radius 1 is 1.15 bits per heavy atom. The summed E-state index contributed by atoms with van der Waals surface area (Å²) in [4.78, 5) is 0. The standard InChI is InChI=1S/C19H13Br3N2O2/c1-25-18-15(21)6-11(7-16(18)22)17-8-13(14(9-23)19(24)26-17)10-3-2-4-12(20)5-10/h2-8,13H,24H2,1H3. The molecule has 1 unspecified atom stereocenters. The van der Waals surface area contributed by atoms with E-state index in [9.17, 15) is 5.26 Å². The number of methoxy groups -OCH3 is 1. The molecule has 1 aliphatic heterocycles. The minimum absolute atomic E-state index is 0.109. The SMILES string of the molecule is COc1c(Br)cc(C2=CC(c3cccc(Br)c3)C(C#N)=C(N)O2)cc1Br. The van der Waals surface area contributed by atoms with E-state index in [0.717, 1.165) is 24.5 Å². The molecule has 0 aliphatic carbocycles. The van der Waals surface area contributed by atoms with E-state index < -0.39 is 0 Å². The van der Waals surface area contributed by atoms with Crippen LogP contribution in [0.5, 0.6) is 5.75 Å². The second-order valence-corrected chi connectivity index (χ2v) is 8.15. The van der Waals surface area contributed by atoms with Gasteiger partial charge in [-0.3, -0.25) is 0 Å². The van der Waals surface area contributed by atoms with Gasteiger partial charge < -0.3 is 15.2 Å². The summed E-state index contributed by atoms with van der Waals surface area (Å²) >= 11 is 10.5. The van der Waals surface area contributed by atoms with Crippen molar-refractivity contribution in [3.05, 3.63) is 78.5 Å². The summed E-state index contributed by atoms with van der Waals surface area (Å²) in [5.74, 6) is 1.09. The summed E-state index contributed by atoms with van der Waals surface area (Å²) < 4.78 is 13.6. The van der Waals surface area contributed by atoms with Crippen LogP contribution in [0, 0.1) is 11.3 Å². The molecule has 0 fully saturated rings. The molecule has 2 aromatic rings. The lowest BCUT2D eigenvalue weighted by atomic mass is 9.89. The van der Waals surface area contributed by atoms with Gasteiger partial charge in [0.1, 0.15) is 23.2 Å². The normalized spacial score (nSPS) is 16.6. The van der Waals surface area contributed by atoms with Gasteiger partial charge in [-0.05, 0) is 67.8 Å². The van der Waals surface area contributed by atoms with Gasteiger partial charge in [-0.25, -0.2) is 0 Å². The van der Waals surface area contributed by atoms with Crippen molar-refractivity contribution in [1.29, 1.82) is 5.26 Å². The highest BCUT2D eigenvalue weighted by molar-refractivity contribution is 9.11. The first-order chi connectivity index (χ1) is 12.4. The molecular formula is C19H13Br3N2O2. The lowest BCUT2D eigenvalue weighted by Gasteiger charge is -2.23. The van der Waals surface area contributed by atoms with Gasteiger partial charge >= 0.3 is 0 Å². The molecular weight excluding hydrogens is 528 g/mol. The minimum Gasteiger partial charge on any atom is -0.494 e. The number of rotatable bonds is 3. The zero-order valence-electron chi connectivity index (χ0n) is 13.6. The number of hydrogen-bond donors (Lipinski definition) is 1. The van der Waals surface area contributed by atoms with Crippen LogP contribution in [0.1, 0.15) is 17.0 Å². The van der Waals surface area contributed by atoms with Crippen molar-refractivity contribution in [1.82, 2.24) is 0 Å². The molecule has 26 heavy (non-hydrogen) atoms. The second-order valence-electron chi connectivity index (χ2n) is 5.53. The fourth-order valence-electron chi connectivity index (χ4n) is 2.74. The zero-order valence-corrected chi connectivity index (χ0v) is 18.4. The molecule has 0 saturated carbocycles. The van der Waals surface area contributed by atoms with Crippen molar-refractivity contribution in [3.8, 4) is 11.8 Å². The highest BCUT2D eigenvalue weighted by Crippen LogP contribution is 2.41. The third-order valence-electron chi connectivity index (χ3n) is 3.93. The Hall–Kier alpha value is -1.75. The third kappa shape index (κ3) is 3.68. The van der Waals surface area contributed by atoms with Gasteiger partial charge in [0.15, 0.2) is 0 Å². The number of benzene rings is 2. The molecule has 1 atom stereocenters. The predicted molar refractivity (Wildman–Crippen MR) is 111 cm³/mol. The van der Waals surface area contributed by atoms with Gasteiger partial charge in [-0.1, -0.05) is 28.1 Å². The van der Waals surface area contributed by atoms with E-state index in [1.807, 2.05) is 42.5 Å². The number of halogens is 3. The maximum atomic E-state index is 9.54. The van der Waals surface area contributed by atoms with E-state index >= 15 is 0 Å². The van der Waals surface area contributed by atoms with Crippen LogP contribution >= 0.6 is 47.8 Å². The van der Waals surface area contributed by atoms with Crippen molar-refractivity contribution >= 4 is 53.5 Å². The van der Waals surface area contributed by atoms with Crippen LogP contribution in [0.3, 0.4) is 0 Å². The maximum Gasteiger partial charge on any atom is 0.205 e. The molecule has 0 spiro atoms. The number of nitrogens with two attached hydrogens (primary N) is 1. The Bertz CT molecular complexity index is 954. The Kier molecular flexibility index (Phi) is 5.76. The number of ether oxygens (including phenoxy) is 2. The summed E-state index contributed by atoms with van der Waals surface area (Å²) in [6, 6.07) is 13.7. The zero-order chi connectivity index (χ0) is 18.8. The highest BCUT2D eigenvalue weighted by Gasteiger charge is 2.26. The van der Waals surface area contributed by atoms with Crippen LogP contribution < -0.4 is 10.5 Å². The van der Waals surface area contributed by atoms with Crippen LogP contribution in [0.15, 0.2) is 67.3 Å². The second kappa shape index (κ2) is 7.87. The van der Waals surface area contributed by atoms with Crippen LogP contribution in [-0.4, -0.2) is 7.11 Å². The largest absolute Gasteiger partial charge is 0.494 e. The lowest BCUT2D eigenvalue weighted by molar-refractivity contribution is 0.360. The Morgan fingerprint density at radius 2 is 1.85 bits per heavy atom. The minimum atomic E-state index is -0.291. The molecule has 0 bridgehead atoms. The molecule has 0 aromatic heterocycles. The van der Waals surface area contributed by atoms with E-state index in [4.69, 9.17) is 15.2 Å². The van der Waals surface area contributed by atoms with E-state index in [1.54, 1.807) is 7.11 Å². The van der Waals surface area contributed by atoms with E-state index in [-0.39, 0.29) is 11.8 Å². The molecule has 1 aliphatic rings. The molecule has 3 rings (SSSR count). The fourth-order valence-corrected chi connectivity index (χ4v) is 4.66. The predicted octanol–water partition coefficient (Wildman–Crippen LogP) is 5.83. The third-order valence-corrected chi connectivity index (χ3v) is 5.60. The number of nitriles is 1. The average molecular weight is 541 g/mol. The average Bonchev–Trinajstić information content (AvgIpc) is 2.60. The lowest BCUT2D eigenvalue weighted by Crippen LogP contribution is -2.16. The summed E-state index contributed by atoms with van der Waals surface area (Å²) in [5, 5.41) is 9.54. The molecule has 1 heterocycles. The first-order valence-electron chi connectivity index (χ1n) is 7.53. The van der Waals surface area contributed by atoms with Gasteiger partial charge in [-0.15, -0.1) is 0 Å². The fraction of sp³-hybridized carbons (Fsp3) is 0.105. The van der Waals surface area contributed by atoms with Crippen LogP contribution in [0.25, 0.3) is 5.76 Å². The van der Waals surface area contributed by atoms with Gasteiger partial charge in [0.25, 0.3) is 0 Å². The van der Waals surface area contributed by atoms with E-state index in [0.29, 0.717) is 17.1 Å². The topological polar surface area (TPSA) is 68.3 Å². The van der Waals surface area contributed by atoms with Crippen LogP contribution in [0.4, 0.5) is 0 Å². The molecule has 0 amide bonds. The Labute approximate surface area is 176 Å². The van der Waals surface area contributed by atoms with Crippen molar-refractivity contribution < 1.29 is 9.47 Å². The quantitative estimate of drug-likeness (QED) is 0.532. The van der Waals surface area contributed by atoms with E-state index in [2.05, 4.69) is 53.9 Å². The summed E-state index contributed by atoms with van der Waals surface area (Å²) in [7, 11) is 1.60. The van der Waals surface area contributed by atoms with Gasteiger partial charge in [0.2, 0.25) is 5.88 Å². The highest BCUT2D eigenvalue weighted by atomic mass is 79.9. The van der Waals surface area contributed by atoms with Gasteiger partial charge in [0, 0.05) is 16.0 Å². The number of allylic oxidation sites excluding steroid dienone is 2. The van der Waals surface area contributed by atoms with Crippen LogP contribution in [0.2, 0.25) is 0 Å². The molecule has 132 valence electrons. The smallest absolute Gasteiger partial charge is 0.205 e.